The van der Waals surface area contributed by atoms with Gasteiger partial charge >= 0.3 is 11.9 Å². The molecule has 166 valence electrons. The summed E-state index contributed by atoms with van der Waals surface area (Å²) in [6.07, 6.45) is 3.94. The second-order valence-electron chi connectivity index (χ2n) is 9.88. The van der Waals surface area contributed by atoms with Gasteiger partial charge in [0.2, 0.25) is 0 Å². The summed E-state index contributed by atoms with van der Waals surface area (Å²) < 4.78 is 12.1. The van der Waals surface area contributed by atoms with E-state index in [1.807, 2.05) is 18.2 Å². The zero-order valence-corrected chi connectivity index (χ0v) is 18.3. The van der Waals surface area contributed by atoms with Gasteiger partial charge in [0.25, 0.3) is 0 Å². The first kappa shape index (κ1) is 20.7. The Morgan fingerprint density at radius 2 is 1.77 bits per heavy atom. The number of esters is 2. The quantitative estimate of drug-likeness (QED) is 0.692. The highest BCUT2D eigenvalue weighted by atomic mass is 16.6. The molecule has 0 N–H and O–H groups in total. The van der Waals surface area contributed by atoms with Gasteiger partial charge in [0.05, 0.1) is 11.1 Å². The molecule has 2 saturated heterocycles. The zero-order valence-electron chi connectivity index (χ0n) is 18.3. The highest BCUT2D eigenvalue weighted by Gasteiger charge is 2.76. The number of rotatable bonds is 3. The number of hydrogen-bond donors (Lipinski definition) is 0. The molecule has 4 aliphatic rings. The first-order chi connectivity index (χ1) is 14.9. The van der Waals surface area contributed by atoms with Crippen molar-refractivity contribution in [3.8, 4) is 0 Å². The van der Waals surface area contributed by atoms with Gasteiger partial charge in [-0.3, -0.25) is 14.5 Å². The van der Waals surface area contributed by atoms with Crippen molar-refractivity contribution in [1.29, 1.82) is 0 Å². The van der Waals surface area contributed by atoms with Gasteiger partial charge in [-0.05, 0) is 63.2 Å². The molecule has 6 atom stereocenters. The number of piperidine rings is 1. The molecule has 0 amide bonds. The Bertz CT molecular complexity index is 900. The van der Waals surface area contributed by atoms with Crippen LogP contribution in [0.1, 0.15) is 62.7 Å². The van der Waals surface area contributed by atoms with Gasteiger partial charge in [-0.25, -0.2) is 4.79 Å². The summed E-state index contributed by atoms with van der Waals surface area (Å²) in [5, 5.41) is 0. The molecule has 0 radical (unpaired) electrons. The number of Topliss-reactive ketones (excluding diaryl/α,β-unsaturated/α-hetero) is 1. The Morgan fingerprint density at radius 3 is 2.48 bits per heavy atom. The third-order valence-electron chi connectivity index (χ3n) is 8.50. The maximum absolute atomic E-state index is 13.7. The van der Waals surface area contributed by atoms with E-state index in [2.05, 4.69) is 11.8 Å². The Hall–Kier alpha value is -2.21. The third kappa shape index (κ3) is 2.83. The van der Waals surface area contributed by atoms with E-state index in [9.17, 15) is 14.4 Å². The fraction of sp³-hybridized carbons (Fsp3) is 0.640. The summed E-state index contributed by atoms with van der Waals surface area (Å²) in [4.78, 5) is 41.1. The van der Waals surface area contributed by atoms with Crippen LogP contribution in [0.2, 0.25) is 0 Å². The van der Waals surface area contributed by atoms with Crippen LogP contribution in [0.5, 0.6) is 0 Å². The minimum absolute atomic E-state index is 0.00682. The Balaban J connectivity index is 1.56. The largest absolute Gasteiger partial charge is 0.462 e. The number of benzene rings is 1. The monoisotopic (exact) mass is 425 g/mol. The standard InChI is InChI=1S/C25H31NO5/c1-16-14-21(30-17(2)27)24-10-6-12-26-13-7-11-25(24,26)20(28)15-19(24)22(16)31-23(29)18-8-4-3-5-9-18/h3-5,8-9,16,19,21-22H,6-7,10-15H2,1-2H3. The van der Waals surface area contributed by atoms with Crippen molar-refractivity contribution in [2.45, 2.75) is 70.1 Å². The maximum atomic E-state index is 13.7. The molecular formula is C25H31NO5. The fourth-order valence-electron chi connectivity index (χ4n) is 7.56. The van der Waals surface area contributed by atoms with Crippen LogP contribution in [0, 0.1) is 17.3 Å². The summed E-state index contributed by atoms with van der Waals surface area (Å²) in [7, 11) is 0. The number of carbonyl (C=O) groups excluding carboxylic acids is 3. The van der Waals surface area contributed by atoms with E-state index < -0.39 is 11.0 Å². The minimum atomic E-state index is -0.576. The second-order valence-corrected chi connectivity index (χ2v) is 9.88. The first-order valence-corrected chi connectivity index (χ1v) is 11.6. The predicted octanol–water partition coefficient (Wildman–Crippen LogP) is 3.39. The van der Waals surface area contributed by atoms with Crippen LogP contribution in [0.4, 0.5) is 0 Å². The lowest BCUT2D eigenvalue weighted by molar-refractivity contribution is -0.205. The summed E-state index contributed by atoms with van der Waals surface area (Å²) in [6.45, 7) is 5.33. The minimum Gasteiger partial charge on any atom is -0.462 e. The average Bonchev–Trinajstić information content (AvgIpc) is 3.30. The lowest BCUT2D eigenvalue weighted by atomic mass is 9.52. The van der Waals surface area contributed by atoms with Crippen molar-refractivity contribution >= 4 is 17.7 Å². The van der Waals surface area contributed by atoms with Crippen LogP contribution in [0.15, 0.2) is 30.3 Å². The summed E-state index contributed by atoms with van der Waals surface area (Å²) in [5.41, 5.74) is -0.525. The molecule has 1 aromatic carbocycles. The van der Waals surface area contributed by atoms with E-state index in [1.165, 1.54) is 6.92 Å². The van der Waals surface area contributed by atoms with Gasteiger partial charge < -0.3 is 9.47 Å². The van der Waals surface area contributed by atoms with Gasteiger partial charge in [0.15, 0.2) is 5.78 Å². The van der Waals surface area contributed by atoms with Gasteiger partial charge in [-0.2, -0.15) is 0 Å². The van der Waals surface area contributed by atoms with E-state index in [4.69, 9.17) is 9.47 Å². The molecule has 31 heavy (non-hydrogen) atoms. The van der Waals surface area contributed by atoms with Gasteiger partial charge in [0, 0.05) is 24.7 Å². The van der Waals surface area contributed by atoms with E-state index in [1.54, 1.807) is 12.1 Å². The van der Waals surface area contributed by atoms with Gasteiger partial charge in [0.1, 0.15) is 12.2 Å². The number of ketones is 1. The molecule has 2 aliphatic heterocycles. The highest BCUT2D eigenvalue weighted by molar-refractivity contribution is 5.94. The SMILES string of the molecule is CC(=O)OC1CC(C)C(OC(=O)c2ccccc2)C2CC(=O)C34CCCN3CCCC124. The molecular weight excluding hydrogens is 394 g/mol. The van der Waals surface area contributed by atoms with Crippen molar-refractivity contribution in [2.24, 2.45) is 17.3 Å². The Morgan fingerprint density at radius 1 is 1.06 bits per heavy atom. The lowest BCUT2D eigenvalue weighted by Gasteiger charge is -2.60. The fourth-order valence-corrected chi connectivity index (χ4v) is 7.56. The topological polar surface area (TPSA) is 72.9 Å². The summed E-state index contributed by atoms with van der Waals surface area (Å²) in [5.74, 6) is -0.503. The van der Waals surface area contributed by atoms with Gasteiger partial charge in [-0.1, -0.05) is 25.1 Å². The van der Waals surface area contributed by atoms with Crippen LogP contribution in [0.25, 0.3) is 0 Å². The van der Waals surface area contributed by atoms with Crippen molar-refractivity contribution < 1.29 is 23.9 Å². The third-order valence-corrected chi connectivity index (χ3v) is 8.50. The molecule has 5 rings (SSSR count). The summed E-state index contributed by atoms with van der Waals surface area (Å²) in [6, 6.07) is 9.03. The van der Waals surface area contributed by atoms with E-state index in [-0.39, 0.29) is 41.8 Å². The Labute approximate surface area is 183 Å². The molecule has 2 saturated carbocycles. The second kappa shape index (κ2) is 7.44. The smallest absolute Gasteiger partial charge is 0.338 e. The highest BCUT2D eigenvalue weighted by Crippen LogP contribution is 2.67. The average molecular weight is 426 g/mol. The molecule has 2 spiro atoms. The van der Waals surface area contributed by atoms with Crippen LogP contribution in [-0.2, 0) is 19.1 Å². The van der Waals surface area contributed by atoms with E-state index in [0.717, 1.165) is 38.8 Å². The van der Waals surface area contributed by atoms with Crippen molar-refractivity contribution in [3.63, 3.8) is 0 Å². The van der Waals surface area contributed by atoms with Crippen molar-refractivity contribution in [2.75, 3.05) is 13.1 Å². The molecule has 0 aromatic heterocycles. The maximum Gasteiger partial charge on any atom is 0.338 e. The molecule has 1 aromatic rings. The number of carbonyl (C=O) groups is 3. The first-order valence-electron chi connectivity index (χ1n) is 11.6. The van der Waals surface area contributed by atoms with E-state index in [0.29, 0.717) is 18.4 Å². The lowest BCUT2D eigenvalue weighted by Crippen LogP contribution is -2.69. The predicted molar refractivity (Wildman–Crippen MR) is 113 cm³/mol. The molecule has 2 heterocycles. The zero-order chi connectivity index (χ0) is 21.8. The van der Waals surface area contributed by atoms with Crippen molar-refractivity contribution in [3.05, 3.63) is 35.9 Å². The Kier molecular flexibility index (Phi) is 4.96. The molecule has 6 heteroatoms. The van der Waals surface area contributed by atoms with Crippen LogP contribution < -0.4 is 0 Å². The number of ether oxygens (including phenoxy) is 2. The van der Waals surface area contributed by atoms with Crippen LogP contribution in [-0.4, -0.2) is 53.5 Å². The molecule has 0 bridgehead atoms. The van der Waals surface area contributed by atoms with Crippen molar-refractivity contribution in [1.82, 2.24) is 4.90 Å². The number of nitrogens with zero attached hydrogens (tertiary/aromatic N) is 1. The molecule has 6 nitrogen and oxygen atoms in total. The van der Waals surface area contributed by atoms with Crippen LogP contribution >= 0.6 is 0 Å². The molecule has 6 unspecified atom stereocenters. The normalized spacial score (nSPS) is 39.4. The van der Waals surface area contributed by atoms with E-state index >= 15 is 0 Å². The summed E-state index contributed by atoms with van der Waals surface area (Å²) >= 11 is 0. The molecule has 4 fully saturated rings. The molecule has 2 aliphatic carbocycles. The number of hydrogen-bond acceptors (Lipinski definition) is 6. The van der Waals surface area contributed by atoms with Crippen LogP contribution in [0.3, 0.4) is 0 Å². The van der Waals surface area contributed by atoms with Gasteiger partial charge in [-0.15, -0.1) is 0 Å².